The van der Waals surface area contributed by atoms with Crippen molar-refractivity contribution in [2.45, 2.75) is 36.8 Å². The van der Waals surface area contributed by atoms with Gasteiger partial charge in [0.1, 0.15) is 0 Å². The highest BCUT2D eigenvalue weighted by molar-refractivity contribution is 7.99. The number of anilines is 1. The van der Waals surface area contributed by atoms with Crippen molar-refractivity contribution >= 4 is 35.0 Å². The Morgan fingerprint density at radius 1 is 1.23 bits per heavy atom. The largest absolute Gasteiger partial charge is 0.326 e. The average molecular weight is 334 g/mol. The van der Waals surface area contributed by atoms with Gasteiger partial charge in [0, 0.05) is 27.8 Å². The van der Waals surface area contributed by atoms with Crippen LogP contribution in [0.2, 0.25) is 5.02 Å². The van der Waals surface area contributed by atoms with E-state index in [9.17, 15) is 4.79 Å². The van der Waals surface area contributed by atoms with Crippen molar-refractivity contribution in [3.05, 3.63) is 59.1 Å². The topological polar surface area (TPSA) is 29.1 Å². The molecule has 2 aromatic carbocycles. The van der Waals surface area contributed by atoms with Crippen LogP contribution in [0.1, 0.15) is 37.5 Å². The van der Waals surface area contributed by atoms with Gasteiger partial charge in [-0.05, 0) is 42.3 Å². The lowest BCUT2D eigenvalue weighted by atomic mass is 10.1. The summed E-state index contributed by atoms with van der Waals surface area (Å²) in [5.74, 6) is -0.0662. The first-order chi connectivity index (χ1) is 10.6. The van der Waals surface area contributed by atoms with E-state index in [0.717, 1.165) is 24.1 Å². The predicted molar refractivity (Wildman–Crippen MR) is 95.7 cm³/mol. The minimum Gasteiger partial charge on any atom is -0.326 e. The molecule has 0 aliphatic heterocycles. The van der Waals surface area contributed by atoms with Gasteiger partial charge in [-0.2, -0.15) is 0 Å². The van der Waals surface area contributed by atoms with Crippen molar-refractivity contribution in [2.24, 2.45) is 0 Å². The van der Waals surface area contributed by atoms with Gasteiger partial charge < -0.3 is 5.32 Å². The number of benzene rings is 2. The molecule has 0 saturated heterocycles. The molecule has 2 nitrogen and oxygen atoms in total. The van der Waals surface area contributed by atoms with Crippen molar-refractivity contribution in [1.82, 2.24) is 0 Å². The maximum Gasteiger partial charge on any atom is 0.221 e. The van der Waals surface area contributed by atoms with Gasteiger partial charge in [0.2, 0.25) is 5.91 Å². The third-order valence-corrected chi connectivity index (χ3v) is 4.80. The summed E-state index contributed by atoms with van der Waals surface area (Å²) in [5.41, 5.74) is 1.93. The van der Waals surface area contributed by atoms with E-state index in [1.807, 2.05) is 36.4 Å². The van der Waals surface area contributed by atoms with E-state index in [0.29, 0.717) is 5.02 Å². The molecule has 22 heavy (non-hydrogen) atoms. The molecule has 0 fully saturated rings. The molecule has 1 amide bonds. The molecule has 0 aliphatic rings. The fraction of sp³-hybridized carbons (Fsp3) is 0.278. The first-order valence-electron chi connectivity index (χ1n) is 7.39. The normalized spacial score (nSPS) is 12.0. The Morgan fingerprint density at radius 2 is 1.95 bits per heavy atom. The van der Waals surface area contributed by atoms with Crippen molar-refractivity contribution in [2.75, 3.05) is 5.32 Å². The minimum absolute atomic E-state index is 0.0662. The van der Waals surface area contributed by atoms with Gasteiger partial charge in [0.15, 0.2) is 0 Å². The third kappa shape index (κ3) is 4.79. The van der Waals surface area contributed by atoms with Crippen LogP contribution < -0.4 is 5.32 Å². The number of hydrogen-bond donors (Lipinski definition) is 1. The van der Waals surface area contributed by atoms with E-state index in [2.05, 4.69) is 24.4 Å². The maximum absolute atomic E-state index is 11.4. The summed E-state index contributed by atoms with van der Waals surface area (Å²) in [7, 11) is 0. The molecule has 0 aliphatic carbocycles. The maximum atomic E-state index is 11.4. The summed E-state index contributed by atoms with van der Waals surface area (Å²) in [6, 6.07) is 16.0. The van der Waals surface area contributed by atoms with Gasteiger partial charge >= 0.3 is 0 Å². The van der Waals surface area contributed by atoms with Crippen LogP contribution >= 0.6 is 23.4 Å². The Balaban J connectivity index is 2.34. The van der Waals surface area contributed by atoms with Crippen LogP contribution in [-0.2, 0) is 4.79 Å². The van der Waals surface area contributed by atoms with Gasteiger partial charge in [-0.15, -0.1) is 11.8 Å². The second-order valence-electron chi connectivity index (χ2n) is 5.12. The number of carbonyl (C=O) groups excluding carboxylic acids is 1. The van der Waals surface area contributed by atoms with Crippen molar-refractivity contribution < 1.29 is 4.79 Å². The van der Waals surface area contributed by atoms with Crippen LogP contribution in [0.25, 0.3) is 0 Å². The highest BCUT2D eigenvalue weighted by atomic mass is 35.5. The van der Waals surface area contributed by atoms with Gasteiger partial charge in [-0.1, -0.05) is 43.1 Å². The summed E-state index contributed by atoms with van der Waals surface area (Å²) in [6.07, 6.45) is 2.09. The number of amides is 1. The highest BCUT2D eigenvalue weighted by Crippen LogP contribution is 2.42. The molecule has 0 saturated carbocycles. The Hall–Kier alpha value is -1.45. The zero-order valence-electron chi connectivity index (χ0n) is 12.8. The first-order valence-corrected chi connectivity index (χ1v) is 8.64. The third-order valence-electron chi connectivity index (χ3n) is 3.24. The Labute approximate surface area is 141 Å². The smallest absolute Gasteiger partial charge is 0.221 e. The molecule has 0 spiro atoms. The SMILES string of the molecule is CCCC(Sc1ccccc1)c1cc(Cl)ccc1NC(C)=O. The molecule has 4 heteroatoms. The molecule has 2 aromatic rings. The lowest BCUT2D eigenvalue weighted by Crippen LogP contribution is -2.09. The van der Waals surface area contributed by atoms with E-state index < -0.39 is 0 Å². The van der Waals surface area contributed by atoms with E-state index in [1.54, 1.807) is 11.8 Å². The quantitative estimate of drug-likeness (QED) is 0.663. The molecule has 1 N–H and O–H groups in total. The summed E-state index contributed by atoms with van der Waals surface area (Å²) in [5, 5.41) is 3.87. The van der Waals surface area contributed by atoms with E-state index in [-0.39, 0.29) is 11.2 Å². The molecule has 1 atom stereocenters. The van der Waals surface area contributed by atoms with Gasteiger partial charge in [0.05, 0.1) is 0 Å². The summed E-state index contributed by atoms with van der Waals surface area (Å²) < 4.78 is 0. The number of carbonyl (C=O) groups is 1. The zero-order valence-corrected chi connectivity index (χ0v) is 14.4. The molecule has 2 rings (SSSR count). The number of thioether (sulfide) groups is 1. The number of halogens is 1. The van der Waals surface area contributed by atoms with E-state index >= 15 is 0 Å². The van der Waals surface area contributed by atoms with Crippen LogP contribution in [0.4, 0.5) is 5.69 Å². The fourth-order valence-electron chi connectivity index (χ4n) is 2.31. The van der Waals surface area contributed by atoms with Gasteiger partial charge in [-0.25, -0.2) is 0 Å². The number of rotatable bonds is 6. The van der Waals surface area contributed by atoms with Gasteiger partial charge in [-0.3, -0.25) is 4.79 Å². The Bertz CT molecular complexity index is 630. The Kier molecular flexibility index (Phi) is 6.34. The average Bonchev–Trinajstić information content (AvgIpc) is 2.49. The van der Waals surface area contributed by atoms with Crippen LogP contribution in [0.15, 0.2) is 53.4 Å². The fourth-order valence-corrected chi connectivity index (χ4v) is 3.81. The molecule has 0 heterocycles. The molecule has 1 unspecified atom stereocenters. The molecule has 0 radical (unpaired) electrons. The number of nitrogens with one attached hydrogen (secondary N) is 1. The molecule has 0 aromatic heterocycles. The molecule has 0 bridgehead atoms. The molecular weight excluding hydrogens is 314 g/mol. The second kappa shape index (κ2) is 8.25. The van der Waals surface area contributed by atoms with Crippen LogP contribution in [-0.4, -0.2) is 5.91 Å². The minimum atomic E-state index is -0.0662. The molecular formula is C18H20ClNOS. The molecule has 116 valence electrons. The summed E-state index contributed by atoms with van der Waals surface area (Å²) >= 11 is 7.99. The summed E-state index contributed by atoms with van der Waals surface area (Å²) in [6.45, 7) is 3.69. The van der Waals surface area contributed by atoms with Crippen molar-refractivity contribution in [3.63, 3.8) is 0 Å². The van der Waals surface area contributed by atoms with Crippen LogP contribution in [0.5, 0.6) is 0 Å². The van der Waals surface area contributed by atoms with Crippen molar-refractivity contribution in [3.8, 4) is 0 Å². The van der Waals surface area contributed by atoms with Crippen LogP contribution in [0, 0.1) is 0 Å². The Morgan fingerprint density at radius 3 is 2.59 bits per heavy atom. The number of hydrogen-bond acceptors (Lipinski definition) is 2. The van der Waals surface area contributed by atoms with Gasteiger partial charge in [0.25, 0.3) is 0 Å². The second-order valence-corrected chi connectivity index (χ2v) is 6.83. The first kappa shape index (κ1) is 16.9. The van der Waals surface area contributed by atoms with E-state index in [1.165, 1.54) is 11.8 Å². The van der Waals surface area contributed by atoms with E-state index in [4.69, 9.17) is 11.6 Å². The zero-order chi connectivity index (χ0) is 15.9. The predicted octanol–water partition coefficient (Wildman–Crippen LogP) is 5.93. The monoisotopic (exact) mass is 333 g/mol. The lowest BCUT2D eigenvalue weighted by Gasteiger charge is -2.20. The van der Waals surface area contributed by atoms with Crippen LogP contribution in [0.3, 0.4) is 0 Å². The standard InChI is InChI=1S/C18H20ClNOS/c1-3-7-18(22-15-8-5-4-6-9-15)16-12-14(19)10-11-17(16)20-13(2)21/h4-6,8-12,18H,3,7H2,1-2H3,(H,20,21). The lowest BCUT2D eigenvalue weighted by molar-refractivity contribution is -0.114. The summed E-state index contributed by atoms with van der Waals surface area (Å²) in [4.78, 5) is 12.7. The van der Waals surface area contributed by atoms with Crippen molar-refractivity contribution in [1.29, 1.82) is 0 Å². The highest BCUT2D eigenvalue weighted by Gasteiger charge is 2.17.